The molecule has 5 heteroatoms. The van der Waals surface area contributed by atoms with Gasteiger partial charge in [-0.25, -0.2) is 5.48 Å². The van der Waals surface area contributed by atoms with Gasteiger partial charge in [0.05, 0.1) is 5.71 Å². The van der Waals surface area contributed by atoms with Crippen molar-refractivity contribution in [2.45, 2.75) is 39.0 Å². The molecule has 0 bridgehead atoms. The monoisotopic (exact) mass is 278 g/mol. The standard InChI is InChI=1S/C15H22N2O3/c1-2-3-9-13(11-15(18)17-20)14(16-19)10-12-7-5-4-6-8-12/h4-8,13,19-20H,2-3,9-11H2,1H3,(H,17,18)/b16-14-. The molecule has 0 aliphatic rings. The van der Waals surface area contributed by atoms with Crippen LogP contribution in [0.25, 0.3) is 0 Å². The van der Waals surface area contributed by atoms with E-state index in [0.717, 1.165) is 24.8 Å². The van der Waals surface area contributed by atoms with E-state index in [1.54, 1.807) is 5.48 Å². The molecular formula is C15H22N2O3. The number of nitrogens with zero attached hydrogens (tertiary/aromatic N) is 1. The van der Waals surface area contributed by atoms with Crippen molar-refractivity contribution in [3.05, 3.63) is 35.9 Å². The molecule has 0 heterocycles. The number of hydrogen-bond donors (Lipinski definition) is 3. The van der Waals surface area contributed by atoms with Gasteiger partial charge in [0, 0.05) is 18.8 Å². The number of carbonyl (C=O) groups excluding carboxylic acids is 1. The maximum atomic E-state index is 11.4. The summed E-state index contributed by atoms with van der Waals surface area (Å²) < 4.78 is 0. The Labute approximate surface area is 119 Å². The number of oxime groups is 1. The molecule has 3 N–H and O–H groups in total. The minimum atomic E-state index is -0.458. The van der Waals surface area contributed by atoms with E-state index >= 15 is 0 Å². The molecule has 0 fully saturated rings. The van der Waals surface area contributed by atoms with E-state index in [0.29, 0.717) is 12.1 Å². The van der Waals surface area contributed by atoms with Gasteiger partial charge < -0.3 is 5.21 Å². The highest BCUT2D eigenvalue weighted by Gasteiger charge is 2.20. The molecule has 1 unspecified atom stereocenters. The van der Waals surface area contributed by atoms with Gasteiger partial charge in [0.25, 0.3) is 0 Å². The van der Waals surface area contributed by atoms with E-state index in [9.17, 15) is 10.0 Å². The largest absolute Gasteiger partial charge is 0.411 e. The van der Waals surface area contributed by atoms with E-state index in [4.69, 9.17) is 5.21 Å². The lowest BCUT2D eigenvalue weighted by Gasteiger charge is -2.17. The van der Waals surface area contributed by atoms with E-state index in [-0.39, 0.29) is 12.3 Å². The molecule has 5 nitrogen and oxygen atoms in total. The maximum Gasteiger partial charge on any atom is 0.243 e. The summed E-state index contributed by atoms with van der Waals surface area (Å²) in [4.78, 5) is 11.4. The fraction of sp³-hybridized carbons (Fsp3) is 0.467. The number of hydroxylamine groups is 1. The zero-order chi connectivity index (χ0) is 14.8. The Balaban J connectivity index is 2.76. The number of nitrogens with one attached hydrogen (secondary N) is 1. The lowest BCUT2D eigenvalue weighted by Crippen LogP contribution is -2.27. The first-order chi connectivity index (χ1) is 9.71. The van der Waals surface area contributed by atoms with Crippen LogP contribution in [0.4, 0.5) is 0 Å². The molecule has 1 aromatic rings. The van der Waals surface area contributed by atoms with Crippen molar-refractivity contribution in [2.24, 2.45) is 11.1 Å². The predicted octanol–water partition coefficient (Wildman–Crippen LogP) is 2.76. The van der Waals surface area contributed by atoms with Crippen molar-refractivity contribution in [1.29, 1.82) is 0 Å². The van der Waals surface area contributed by atoms with Gasteiger partial charge in [0.15, 0.2) is 0 Å². The Kier molecular flexibility index (Phi) is 7.35. The zero-order valence-electron chi connectivity index (χ0n) is 11.7. The van der Waals surface area contributed by atoms with E-state index in [1.165, 1.54) is 0 Å². The second-order valence-electron chi connectivity index (χ2n) is 4.83. The van der Waals surface area contributed by atoms with Crippen LogP contribution in [-0.4, -0.2) is 22.0 Å². The molecule has 20 heavy (non-hydrogen) atoms. The Morgan fingerprint density at radius 3 is 2.60 bits per heavy atom. The molecule has 0 saturated heterocycles. The van der Waals surface area contributed by atoms with Gasteiger partial charge in [-0.1, -0.05) is 55.3 Å². The van der Waals surface area contributed by atoms with Crippen molar-refractivity contribution in [1.82, 2.24) is 5.48 Å². The Hall–Kier alpha value is -1.88. The molecule has 0 aliphatic heterocycles. The Morgan fingerprint density at radius 1 is 1.35 bits per heavy atom. The molecular weight excluding hydrogens is 256 g/mol. The lowest BCUT2D eigenvalue weighted by molar-refractivity contribution is -0.129. The van der Waals surface area contributed by atoms with Crippen LogP contribution in [0.15, 0.2) is 35.5 Å². The average Bonchev–Trinajstić information content (AvgIpc) is 2.50. The number of unbranched alkanes of at least 4 members (excludes halogenated alkanes) is 1. The third-order valence-corrected chi connectivity index (χ3v) is 3.29. The second kappa shape index (κ2) is 9.09. The highest BCUT2D eigenvalue weighted by molar-refractivity contribution is 5.91. The van der Waals surface area contributed by atoms with Gasteiger partial charge in [-0.3, -0.25) is 10.0 Å². The van der Waals surface area contributed by atoms with Crippen LogP contribution in [-0.2, 0) is 11.2 Å². The summed E-state index contributed by atoms with van der Waals surface area (Å²) in [7, 11) is 0. The third-order valence-electron chi connectivity index (χ3n) is 3.29. The molecule has 0 spiro atoms. The minimum Gasteiger partial charge on any atom is -0.411 e. The van der Waals surface area contributed by atoms with Gasteiger partial charge in [-0.2, -0.15) is 0 Å². The molecule has 1 atom stereocenters. The zero-order valence-corrected chi connectivity index (χ0v) is 11.7. The third kappa shape index (κ3) is 5.40. The fourth-order valence-electron chi connectivity index (χ4n) is 2.17. The number of carbonyl (C=O) groups is 1. The van der Waals surface area contributed by atoms with Gasteiger partial charge >= 0.3 is 0 Å². The van der Waals surface area contributed by atoms with E-state index in [2.05, 4.69) is 12.1 Å². The molecule has 1 rings (SSSR count). The van der Waals surface area contributed by atoms with Crippen LogP contribution in [0.3, 0.4) is 0 Å². The summed E-state index contributed by atoms with van der Waals surface area (Å²) in [5.74, 6) is -0.618. The van der Waals surface area contributed by atoms with Crippen molar-refractivity contribution >= 4 is 11.6 Å². The van der Waals surface area contributed by atoms with Crippen LogP contribution in [0.1, 0.15) is 38.2 Å². The van der Waals surface area contributed by atoms with Gasteiger partial charge in [0.2, 0.25) is 5.91 Å². The SMILES string of the molecule is CCCCC(CC(=O)NO)/C(Cc1ccccc1)=N\O. The maximum absolute atomic E-state index is 11.4. The van der Waals surface area contributed by atoms with Crippen LogP contribution >= 0.6 is 0 Å². The van der Waals surface area contributed by atoms with Crippen molar-refractivity contribution in [3.63, 3.8) is 0 Å². The topological polar surface area (TPSA) is 81.9 Å². The molecule has 0 radical (unpaired) electrons. The van der Waals surface area contributed by atoms with Gasteiger partial charge in [-0.05, 0) is 12.0 Å². The summed E-state index contributed by atoms with van der Waals surface area (Å²) in [6.45, 7) is 2.07. The second-order valence-corrected chi connectivity index (χ2v) is 4.83. The van der Waals surface area contributed by atoms with E-state index in [1.807, 2.05) is 30.3 Å². The highest BCUT2D eigenvalue weighted by atomic mass is 16.5. The van der Waals surface area contributed by atoms with Crippen LogP contribution in [0, 0.1) is 5.92 Å². The van der Waals surface area contributed by atoms with Gasteiger partial charge in [0.1, 0.15) is 0 Å². The lowest BCUT2D eigenvalue weighted by atomic mass is 9.89. The molecule has 1 aromatic carbocycles. The summed E-state index contributed by atoms with van der Waals surface area (Å²) in [5.41, 5.74) is 3.25. The smallest absolute Gasteiger partial charge is 0.243 e. The summed E-state index contributed by atoms with van der Waals surface area (Å²) in [6.07, 6.45) is 3.34. The first kappa shape index (κ1) is 16.2. The summed E-state index contributed by atoms with van der Waals surface area (Å²) in [6, 6.07) is 9.67. The highest BCUT2D eigenvalue weighted by Crippen LogP contribution is 2.18. The molecule has 0 saturated carbocycles. The Bertz CT molecular complexity index is 432. The Morgan fingerprint density at radius 2 is 2.05 bits per heavy atom. The molecule has 0 aliphatic carbocycles. The van der Waals surface area contributed by atoms with Crippen LogP contribution in [0.2, 0.25) is 0 Å². The average molecular weight is 278 g/mol. The molecule has 0 aromatic heterocycles. The number of rotatable bonds is 8. The number of hydrogen-bond acceptors (Lipinski definition) is 4. The first-order valence-electron chi connectivity index (χ1n) is 6.88. The molecule has 110 valence electrons. The first-order valence-corrected chi connectivity index (χ1v) is 6.88. The molecule has 1 amide bonds. The van der Waals surface area contributed by atoms with Crippen molar-refractivity contribution in [2.75, 3.05) is 0 Å². The quantitative estimate of drug-likeness (QED) is 0.296. The van der Waals surface area contributed by atoms with Crippen molar-refractivity contribution in [3.8, 4) is 0 Å². The van der Waals surface area contributed by atoms with Crippen LogP contribution < -0.4 is 5.48 Å². The van der Waals surface area contributed by atoms with Crippen molar-refractivity contribution < 1.29 is 15.2 Å². The predicted molar refractivity (Wildman–Crippen MR) is 76.9 cm³/mol. The van der Waals surface area contributed by atoms with Gasteiger partial charge in [-0.15, -0.1) is 0 Å². The summed E-state index contributed by atoms with van der Waals surface area (Å²) in [5, 5.41) is 21.3. The minimum absolute atomic E-state index is 0.128. The summed E-state index contributed by atoms with van der Waals surface area (Å²) >= 11 is 0. The normalized spacial score (nSPS) is 13.0. The number of amides is 1. The van der Waals surface area contributed by atoms with E-state index < -0.39 is 5.91 Å². The number of benzene rings is 1. The fourth-order valence-corrected chi connectivity index (χ4v) is 2.17. The van der Waals surface area contributed by atoms with Crippen LogP contribution in [0.5, 0.6) is 0 Å².